The normalized spacial score (nSPS) is 18.3. The lowest BCUT2D eigenvalue weighted by Crippen LogP contribution is -2.34. The van der Waals surface area contributed by atoms with E-state index in [1.165, 1.54) is 44.6 Å². The van der Waals surface area contributed by atoms with E-state index in [0.717, 1.165) is 12.1 Å². The number of benzene rings is 3. The Hall–Kier alpha value is -3.28. The number of nitrogens with zero attached hydrogens (tertiary/aromatic N) is 1. The summed E-state index contributed by atoms with van der Waals surface area (Å²) in [7, 11) is -0.696. The number of allylic oxidation sites excluding steroid dienone is 7. The molecule has 0 fully saturated rings. The van der Waals surface area contributed by atoms with Crippen LogP contribution in [-0.2, 0) is 0 Å². The van der Waals surface area contributed by atoms with Crippen molar-refractivity contribution in [2.24, 2.45) is 22.7 Å². The fourth-order valence-electron chi connectivity index (χ4n) is 7.19. The zero-order chi connectivity index (χ0) is 30.0. The van der Waals surface area contributed by atoms with Crippen molar-refractivity contribution in [3.05, 3.63) is 142 Å². The van der Waals surface area contributed by atoms with Gasteiger partial charge in [0.1, 0.15) is 0 Å². The van der Waals surface area contributed by atoms with Crippen molar-refractivity contribution in [2.45, 2.75) is 67.5 Å². The lowest BCUT2D eigenvalue weighted by Gasteiger charge is -2.38. The summed E-state index contributed by atoms with van der Waals surface area (Å²) in [5.41, 5.74) is 12.3. The summed E-state index contributed by atoms with van der Waals surface area (Å²) in [5, 5.41) is 3.12. The van der Waals surface area contributed by atoms with E-state index in [-0.39, 0.29) is 5.92 Å². The molecule has 0 spiro atoms. The molecule has 3 aromatic carbocycles. The number of hydrogen-bond acceptors (Lipinski definition) is 1. The average Bonchev–Trinajstić information content (AvgIpc) is 3.63. The quantitative estimate of drug-likeness (QED) is 0.179. The van der Waals surface area contributed by atoms with Gasteiger partial charge in [-0.15, -0.1) is 0 Å². The Labute approximate surface area is 255 Å². The van der Waals surface area contributed by atoms with Crippen molar-refractivity contribution in [2.75, 3.05) is 0 Å². The first-order valence-corrected chi connectivity index (χ1v) is 16.8. The highest BCUT2D eigenvalue weighted by Crippen LogP contribution is 2.52. The Morgan fingerprint density at radius 2 is 1.26 bits per heavy atom. The summed E-state index contributed by atoms with van der Waals surface area (Å²) < 4.78 is 0. The second-order valence-electron chi connectivity index (χ2n) is 12.6. The van der Waals surface area contributed by atoms with Crippen molar-refractivity contribution in [1.82, 2.24) is 0 Å². The zero-order valence-electron chi connectivity index (χ0n) is 26.6. The van der Waals surface area contributed by atoms with Crippen LogP contribution in [0.25, 0.3) is 0 Å². The fourth-order valence-corrected chi connectivity index (χ4v) is 11.0. The minimum absolute atomic E-state index is 0.256. The van der Waals surface area contributed by atoms with Gasteiger partial charge in [-0.3, -0.25) is 4.99 Å². The van der Waals surface area contributed by atoms with Gasteiger partial charge in [0.15, 0.2) is 0 Å². The predicted octanol–water partition coefficient (Wildman–Crippen LogP) is 9.69. The van der Waals surface area contributed by atoms with Crippen LogP contribution in [0.1, 0.15) is 59.2 Å². The van der Waals surface area contributed by atoms with E-state index in [1.807, 2.05) is 0 Å². The van der Waals surface area contributed by atoms with E-state index < -0.39 is 7.92 Å². The van der Waals surface area contributed by atoms with Crippen molar-refractivity contribution in [3.8, 4) is 0 Å². The summed E-state index contributed by atoms with van der Waals surface area (Å²) in [5.74, 6) is 1.27. The SMILES string of the molecule is CC(=NC1=CC=CC1[C@@H](C[C@@H](C)C1C=CC=C1)P(c1c(C)cc(C)cc1C)c1c(C)cc(C)cc1C)c1ccccc1. The minimum Gasteiger partial charge on any atom is -0.257 e. The largest absolute Gasteiger partial charge is 0.257 e. The number of aliphatic imine (C=N–C) groups is 1. The van der Waals surface area contributed by atoms with Gasteiger partial charge in [-0.2, -0.15) is 0 Å². The van der Waals surface area contributed by atoms with Gasteiger partial charge in [0.2, 0.25) is 0 Å². The Kier molecular flexibility index (Phi) is 9.29. The molecule has 0 heterocycles. The molecule has 5 rings (SSSR count). The van der Waals surface area contributed by atoms with Gasteiger partial charge in [-0.1, -0.05) is 109 Å². The van der Waals surface area contributed by atoms with E-state index in [4.69, 9.17) is 4.99 Å². The molecule has 1 unspecified atom stereocenters. The summed E-state index contributed by atoms with van der Waals surface area (Å²) in [6.45, 7) is 18.4. The summed E-state index contributed by atoms with van der Waals surface area (Å²) in [6.07, 6.45) is 17.3. The van der Waals surface area contributed by atoms with Crippen LogP contribution in [0.5, 0.6) is 0 Å². The summed E-state index contributed by atoms with van der Waals surface area (Å²) >= 11 is 0. The van der Waals surface area contributed by atoms with Gasteiger partial charge in [0.25, 0.3) is 0 Å². The molecule has 0 aliphatic heterocycles. The van der Waals surface area contributed by atoms with Crippen LogP contribution in [0.3, 0.4) is 0 Å². The van der Waals surface area contributed by atoms with E-state index in [1.54, 1.807) is 10.6 Å². The van der Waals surface area contributed by atoms with Gasteiger partial charge in [0, 0.05) is 17.3 Å². The van der Waals surface area contributed by atoms with Crippen LogP contribution in [0.4, 0.5) is 0 Å². The topological polar surface area (TPSA) is 12.4 Å². The van der Waals surface area contributed by atoms with Crippen molar-refractivity contribution in [3.63, 3.8) is 0 Å². The molecular weight excluding hydrogens is 525 g/mol. The Balaban J connectivity index is 1.70. The van der Waals surface area contributed by atoms with Crippen molar-refractivity contribution in [1.29, 1.82) is 0 Å². The molecule has 2 aliphatic rings. The third-order valence-electron chi connectivity index (χ3n) is 8.96. The number of rotatable bonds is 9. The molecule has 0 saturated heterocycles. The molecule has 3 atom stereocenters. The molecule has 42 heavy (non-hydrogen) atoms. The zero-order valence-corrected chi connectivity index (χ0v) is 27.5. The number of hydrogen-bond donors (Lipinski definition) is 0. The van der Waals surface area contributed by atoms with Crippen molar-refractivity contribution >= 4 is 24.2 Å². The van der Waals surface area contributed by atoms with E-state index in [2.05, 4.69) is 153 Å². The lowest BCUT2D eigenvalue weighted by molar-refractivity contribution is 0.435. The lowest BCUT2D eigenvalue weighted by atomic mass is 9.87. The summed E-state index contributed by atoms with van der Waals surface area (Å²) in [4.78, 5) is 5.34. The maximum Gasteiger partial charge on any atom is 0.0482 e. The first kappa shape index (κ1) is 30.2. The molecule has 3 aromatic rings. The van der Waals surface area contributed by atoms with E-state index >= 15 is 0 Å². The number of aryl methyl sites for hydroxylation is 6. The molecular formula is C40H46NP. The summed E-state index contributed by atoms with van der Waals surface area (Å²) in [6, 6.07) is 20.2. The molecule has 216 valence electrons. The second-order valence-corrected chi connectivity index (χ2v) is 14.9. The standard InChI is InChI=1S/C40H46NP/c1-26-21-29(4)39(30(5)22-26)42(40-31(6)23-27(2)24-32(40)7)38(25-28(3)34-15-12-13-16-34)36-19-14-20-37(36)41-33(8)35-17-10-9-11-18-35/h9-24,28,34,36,38H,25H2,1-8H3/t28-,36?,38-/m1/s1. The Bertz CT molecular complexity index is 1480. The third-order valence-corrected chi connectivity index (χ3v) is 12.5. The monoisotopic (exact) mass is 571 g/mol. The minimum atomic E-state index is -0.696. The molecule has 1 nitrogen and oxygen atoms in total. The Morgan fingerprint density at radius 1 is 0.738 bits per heavy atom. The fraction of sp³-hybridized carbons (Fsp3) is 0.325. The molecule has 0 aromatic heterocycles. The van der Waals surface area contributed by atoms with E-state index in [9.17, 15) is 0 Å². The van der Waals surface area contributed by atoms with Crippen LogP contribution in [-0.4, -0.2) is 11.4 Å². The van der Waals surface area contributed by atoms with Gasteiger partial charge in [-0.25, -0.2) is 0 Å². The molecule has 2 heteroatoms. The first-order chi connectivity index (χ1) is 20.1. The third kappa shape index (κ3) is 6.38. The van der Waals surface area contributed by atoms with Crippen molar-refractivity contribution < 1.29 is 0 Å². The molecule has 0 N–H and O–H groups in total. The van der Waals surface area contributed by atoms with Crippen LogP contribution in [0.2, 0.25) is 0 Å². The maximum absolute atomic E-state index is 5.34. The van der Waals surface area contributed by atoms with Gasteiger partial charge in [-0.05, 0) is 125 Å². The molecule has 0 bridgehead atoms. The van der Waals surface area contributed by atoms with Crippen LogP contribution < -0.4 is 10.6 Å². The molecule has 0 saturated carbocycles. The predicted molar refractivity (Wildman–Crippen MR) is 186 cm³/mol. The van der Waals surface area contributed by atoms with Crippen LogP contribution in [0, 0.1) is 59.3 Å². The highest BCUT2D eigenvalue weighted by Gasteiger charge is 2.38. The highest BCUT2D eigenvalue weighted by atomic mass is 31.1. The first-order valence-electron chi connectivity index (χ1n) is 15.4. The molecule has 0 radical (unpaired) electrons. The van der Waals surface area contributed by atoms with Gasteiger partial charge in [0.05, 0.1) is 0 Å². The molecule has 0 amide bonds. The van der Waals surface area contributed by atoms with E-state index in [0.29, 0.717) is 17.5 Å². The smallest absolute Gasteiger partial charge is 0.0482 e. The van der Waals surface area contributed by atoms with Gasteiger partial charge < -0.3 is 0 Å². The van der Waals surface area contributed by atoms with Crippen LogP contribution in [0.15, 0.2) is 108 Å². The maximum atomic E-state index is 5.34. The molecule has 2 aliphatic carbocycles. The second kappa shape index (κ2) is 12.9. The van der Waals surface area contributed by atoms with Crippen LogP contribution >= 0.6 is 7.92 Å². The highest BCUT2D eigenvalue weighted by molar-refractivity contribution is 7.74. The Morgan fingerprint density at radius 3 is 1.79 bits per heavy atom. The van der Waals surface area contributed by atoms with Gasteiger partial charge >= 0.3 is 0 Å². The average molecular weight is 572 g/mol.